The topological polar surface area (TPSA) is 108 Å². The first-order valence-corrected chi connectivity index (χ1v) is 10.3. The van der Waals surface area contributed by atoms with Gasteiger partial charge in [-0.05, 0) is 37.2 Å². The van der Waals surface area contributed by atoms with Gasteiger partial charge in [-0.1, -0.05) is 30.3 Å². The SMILES string of the molecule is Cc1cc(C(=O)C2CCC(CNC(=O)OCc3ccccc3)CC2)c(N)c(C)[n+]1[O-]. The van der Waals surface area contributed by atoms with Crippen LogP contribution in [0.5, 0.6) is 0 Å². The summed E-state index contributed by atoms with van der Waals surface area (Å²) in [4.78, 5) is 24.9. The number of aromatic nitrogens is 1. The van der Waals surface area contributed by atoms with E-state index in [9.17, 15) is 14.8 Å². The number of benzene rings is 1. The Labute approximate surface area is 176 Å². The lowest BCUT2D eigenvalue weighted by Crippen LogP contribution is -2.36. The Hall–Kier alpha value is -3.09. The lowest BCUT2D eigenvalue weighted by Gasteiger charge is -2.28. The van der Waals surface area contributed by atoms with E-state index in [0.29, 0.717) is 29.4 Å². The fraction of sp³-hybridized carbons (Fsp3) is 0.435. The summed E-state index contributed by atoms with van der Waals surface area (Å²) in [6.07, 6.45) is 2.76. The molecule has 0 aliphatic heterocycles. The van der Waals surface area contributed by atoms with Crippen LogP contribution in [0.1, 0.15) is 53.0 Å². The molecule has 1 aliphatic rings. The van der Waals surface area contributed by atoms with Crippen molar-refractivity contribution in [1.29, 1.82) is 0 Å². The van der Waals surface area contributed by atoms with Gasteiger partial charge in [-0.25, -0.2) is 4.79 Å². The maximum atomic E-state index is 12.9. The summed E-state index contributed by atoms with van der Waals surface area (Å²) in [5.41, 5.74) is 8.53. The molecule has 0 bridgehead atoms. The molecule has 0 spiro atoms. The van der Waals surface area contributed by atoms with Crippen LogP contribution in [0.4, 0.5) is 10.5 Å². The smallest absolute Gasteiger partial charge is 0.407 e. The lowest BCUT2D eigenvalue weighted by atomic mass is 9.78. The zero-order chi connectivity index (χ0) is 21.7. The molecule has 1 aliphatic carbocycles. The summed E-state index contributed by atoms with van der Waals surface area (Å²) in [6.45, 7) is 4.09. The fourth-order valence-electron chi connectivity index (χ4n) is 3.97. The van der Waals surface area contributed by atoms with Crippen molar-refractivity contribution in [3.63, 3.8) is 0 Å². The van der Waals surface area contributed by atoms with Crippen molar-refractivity contribution in [3.8, 4) is 0 Å². The van der Waals surface area contributed by atoms with Crippen molar-refractivity contribution < 1.29 is 19.1 Å². The van der Waals surface area contributed by atoms with Crippen molar-refractivity contribution in [2.75, 3.05) is 12.3 Å². The van der Waals surface area contributed by atoms with Gasteiger partial charge in [0.15, 0.2) is 11.5 Å². The largest absolute Gasteiger partial charge is 0.618 e. The predicted octanol–water partition coefficient (Wildman–Crippen LogP) is 3.43. The monoisotopic (exact) mass is 411 g/mol. The van der Waals surface area contributed by atoms with Crippen LogP contribution < -0.4 is 15.8 Å². The Balaban J connectivity index is 1.46. The average Bonchev–Trinajstić information content (AvgIpc) is 2.78. The van der Waals surface area contributed by atoms with Gasteiger partial charge in [-0.3, -0.25) is 4.79 Å². The van der Waals surface area contributed by atoms with Crippen LogP contribution in [-0.4, -0.2) is 18.4 Å². The van der Waals surface area contributed by atoms with Crippen LogP contribution in [0.15, 0.2) is 36.4 Å². The molecule has 7 heteroatoms. The number of nitrogen functional groups attached to an aromatic ring is 1. The minimum Gasteiger partial charge on any atom is -0.618 e. The van der Waals surface area contributed by atoms with Crippen LogP contribution in [0.25, 0.3) is 0 Å². The second-order valence-corrected chi connectivity index (χ2v) is 8.02. The number of alkyl carbamates (subject to hydrolysis) is 1. The van der Waals surface area contributed by atoms with Gasteiger partial charge in [0.1, 0.15) is 12.3 Å². The quantitative estimate of drug-likeness (QED) is 0.430. The predicted molar refractivity (Wildman–Crippen MR) is 114 cm³/mol. The fourth-order valence-corrected chi connectivity index (χ4v) is 3.97. The normalized spacial score (nSPS) is 18.6. The minimum absolute atomic E-state index is 0.00739. The molecular weight excluding hydrogens is 382 g/mol. The third-order valence-corrected chi connectivity index (χ3v) is 5.89. The van der Waals surface area contributed by atoms with Crippen LogP contribution in [0, 0.1) is 30.9 Å². The Morgan fingerprint density at radius 3 is 2.50 bits per heavy atom. The number of amides is 1. The van der Waals surface area contributed by atoms with Gasteiger partial charge in [-0.15, -0.1) is 0 Å². The molecule has 0 atom stereocenters. The summed E-state index contributed by atoms with van der Waals surface area (Å²) < 4.78 is 5.99. The molecule has 1 aromatic heterocycles. The van der Waals surface area contributed by atoms with Gasteiger partial charge in [0.05, 0.1) is 5.56 Å². The number of ether oxygens (including phenoxy) is 1. The molecule has 30 heavy (non-hydrogen) atoms. The van der Waals surface area contributed by atoms with E-state index in [-0.39, 0.29) is 24.0 Å². The number of nitrogens with two attached hydrogens (primary N) is 1. The number of carbonyl (C=O) groups excluding carboxylic acids is 2. The van der Waals surface area contributed by atoms with Crippen molar-refractivity contribution in [2.45, 2.75) is 46.1 Å². The van der Waals surface area contributed by atoms with Gasteiger partial charge in [0.2, 0.25) is 5.69 Å². The molecule has 1 fully saturated rings. The highest BCUT2D eigenvalue weighted by atomic mass is 16.5. The first-order valence-electron chi connectivity index (χ1n) is 10.3. The number of Topliss-reactive ketones (excluding diaryl/α,β-unsaturated/α-hetero) is 1. The number of nitrogens with zero attached hydrogens (tertiary/aromatic N) is 1. The number of aryl methyl sites for hydroxylation is 1. The van der Waals surface area contributed by atoms with Crippen LogP contribution in [-0.2, 0) is 11.3 Å². The molecule has 7 nitrogen and oxygen atoms in total. The Bertz CT molecular complexity index is 906. The van der Waals surface area contributed by atoms with Gasteiger partial charge < -0.3 is 21.0 Å². The number of hydrogen-bond donors (Lipinski definition) is 2. The van der Waals surface area contributed by atoms with Crippen molar-refractivity contribution in [2.24, 2.45) is 11.8 Å². The molecule has 3 rings (SSSR count). The van der Waals surface area contributed by atoms with Crippen LogP contribution in [0.3, 0.4) is 0 Å². The molecule has 1 saturated carbocycles. The molecule has 2 aromatic rings. The molecule has 0 unspecified atom stereocenters. The zero-order valence-corrected chi connectivity index (χ0v) is 17.5. The highest BCUT2D eigenvalue weighted by Crippen LogP contribution is 2.32. The maximum Gasteiger partial charge on any atom is 0.407 e. The van der Waals surface area contributed by atoms with E-state index < -0.39 is 6.09 Å². The van der Waals surface area contributed by atoms with Crippen LogP contribution >= 0.6 is 0 Å². The summed E-state index contributed by atoms with van der Waals surface area (Å²) >= 11 is 0. The Morgan fingerprint density at radius 1 is 1.17 bits per heavy atom. The Kier molecular flexibility index (Phi) is 6.92. The number of rotatable bonds is 6. The number of hydrogen-bond acceptors (Lipinski definition) is 5. The van der Waals surface area contributed by atoms with E-state index in [2.05, 4.69) is 5.32 Å². The number of nitrogens with one attached hydrogen (secondary N) is 1. The number of ketones is 1. The Morgan fingerprint density at radius 2 is 1.83 bits per heavy atom. The molecule has 1 amide bonds. The number of carbonyl (C=O) groups is 2. The van der Waals surface area contributed by atoms with Crippen molar-refractivity contribution >= 4 is 17.6 Å². The molecule has 0 saturated heterocycles. The van der Waals surface area contributed by atoms with Crippen molar-refractivity contribution in [3.05, 3.63) is 64.1 Å². The van der Waals surface area contributed by atoms with E-state index in [1.165, 1.54) is 0 Å². The summed E-state index contributed by atoms with van der Waals surface area (Å²) in [7, 11) is 0. The number of anilines is 1. The van der Waals surface area contributed by atoms with E-state index >= 15 is 0 Å². The van der Waals surface area contributed by atoms with E-state index in [0.717, 1.165) is 36.0 Å². The third-order valence-electron chi connectivity index (χ3n) is 5.89. The third kappa shape index (κ3) is 5.09. The van der Waals surface area contributed by atoms with Crippen LogP contribution in [0.2, 0.25) is 0 Å². The summed E-state index contributed by atoms with van der Waals surface area (Å²) in [5, 5.41) is 14.7. The second kappa shape index (κ2) is 9.61. The van der Waals surface area contributed by atoms with E-state index in [1.54, 1.807) is 19.9 Å². The van der Waals surface area contributed by atoms with Gasteiger partial charge in [0, 0.05) is 32.4 Å². The second-order valence-electron chi connectivity index (χ2n) is 8.02. The molecule has 160 valence electrons. The lowest BCUT2D eigenvalue weighted by molar-refractivity contribution is -0.618. The zero-order valence-electron chi connectivity index (χ0n) is 17.5. The summed E-state index contributed by atoms with van der Waals surface area (Å²) in [6, 6.07) is 11.1. The minimum atomic E-state index is -0.425. The van der Waals surface area contributed by atoms with Gasteiger partial charge >= 0.3 is 6.09 Å². The van der Waals surface area contributed by atoms with Gasteiger partial charge in [0.25, 0.3) is 0 Å². The maximum absolute atomic E-state index is 12.9. The standard InChI is InChI=1S/C23H29N3O4/c1-15-12-20(21(24)16(2)26(15)29)22(27)19-10-8-17(9-11-19)13-25-23(28)30-14-18-6-4-3-5-7-18/h3-7,12,17,19H,8-11,13-14,24H2,1-2H3,(H,25,28). The number of pyridine rings is 1. The van der Waals surface area contributed by atoms with Gasteiger partial charge in [-0.2, -0.15) is 4.73 Å². The summed E-state index contributed by atoms with van der Waals surface area (Å²) in [5.74, 6) is 0.224. The molecule has 1 aromatic carbocycles. The molecular formula is C23H29N3O4. The molecule has 1 heterocycles. The van der Waals surface area contributed by atoms with E-state index in [4.69, 9.17) is 10.5 Å². The highest BCUT2D eigenvalue weighted by molar-refractivity contribution is 6.02. The van der Waals surface area contributed by atoms with Crippen molar-refractivity contribution in [1.82, 2.24) is 5.32 Å². The average molecular weight is 412 g/mol. The first kappa shape index (κ1) is 21.6. The first-order chi connectivity index (χ1) is 14.4. The molecule has 0 radical (unpaired) electrons. The van der Waals surface area contributed by atoms with E-state index in [1.807, 2.05) is 30.3 Å². The highest BCUT2D eigenvalue weighted by Gasteiger charge is 2.30. The molecule has 3 N–H and O–H groups in total.